The Morgan fingerprint density at radius 2 is 2.00 bits per heavy atom. The van der Waals surface area contributed by atoms with E-state index in [4.69, 9.17) is 4.42 Å². The topological polar surface area (TPSA) is 25.2 Å². The van der Waals surface area contributed by atoms with E-state index in [0.717, 1.165) is 29.0 Å². The molecule has 2 rings (SSSR count). The number of rotatable bonds is 5. The second-order valence-electron chi connectivity index (χ2n) is 4.81. The predicted octanol–water partition coefficient (Wildman–Crippen LogP) is 4.75. The van der Waals surface area contributed by atoms with E-state index < -0.39 is 0 Å². The zero-order valence-electron chi connectivity index (χ0n) is 11.7. The summed E-state index contributed by atoms with van der Waals surface area (Å²) in [7, 11) is 0. The number of halogens is 1. The molecule has 1 heterocycles. The van der Waals surface area contributed by atoms with Crippen LogP contribution in [0, 0.1) is 13.8 Å². The maximum atomic E-state index is 5.81. The molecule has 0 amide bonds. The van der Waals surface area contributed by atoms with Crippen LogP contribution in [0.4, 0.5) is 0 Å². The number of benzene rings is 1. The van der Waals surface area contributed by atoms with E-state index in [9.17, 15) is 0 Å². The van der Waals surface area contributed by atoms with Crippen LogP contribution in [0.2, 0.25) is 0 Å². The van der Waals surface area contributed by atoms with Crippen molar-refractivity contribution in [3.05, 3.63) is 57.5 Å². The molecule has 2 aromatic rings. The summed E-state index contributed by atoms with van der Waals surface area (Å²) in [6.07, 6.45) is 1.10. The SMILES string of the molecule is CCCNC(c1ccc(C)o1)c1cccc(C)c1Br. The second kappa shape index (κ2) is 6.40. The Labute approximate surface area is 123 Å². The zero-order chi connectivity index (χ0) is 13.8. The Morgan fingerprint density at radius 1 is 1.21 bits per heavy atom. The monoisotopic (exact) mass is 321 g/mol. The van der Waals surface area contributed by atoms with Gasteiger partial charge in [0.2, 0.25) is 0 Å². The van der Waals surface area contributed by atoms with Crippen molar-refractivity contribution in [3.63, 3.8) is 0 Å². The van der Waals surface area contributed by atoms with Gasteiger partial charge >= 0.3 is 0 Å². The fourth-order valence-electron chi connectivity index (χ4n) is 2.15. The molecule has 0 aliphatic carbocycles. The first-order chi connectivity index (χ1) is 9.13. The molecule has 0 radical (unpaired) electrons. The summed E-state index contributed by atoms with van der Waals surface area (Å²) in [4.78, 5) is 0. The van der Waals surface area contributed by atoms with Crippen LogP contribution in [-0.4, -0.2) is 6.54 Å². The average Bonchev–Trinajstić information content (AvgIpc) is 2.81. The summed E-state index contributed by atoms with van der Waals surface area (Å²) < 4.78 is 6.96. The fourth-order valence-corrected chi connectivity index (χ4v) is 2.65. The van der Waals surface area contributed by atoms with Crippen molar-refractivity contribution < 1.29 is 4.42 Å². The highest BCUT2D eigenvalue weighted by Crippen LogP contribution is 2.31. The van der Waals surface area contributed by atoms with Crippen molar-refractivity contribution in [1.82, 2.24) is 5.32 Å². The first kappa shape index (κ1) is 14.4. The average molecular weight is 322 g/mol. The molecule has 2 nitrogen and oxygen atoms in total. The Bertz CT molecular complexity index is 547. The van der Waals surface area contributed by atoms with Crippen LogP contribution in [0.3, 0.4) is 0 Å². The highest BCUT2D eigenvalue weighted by atomic mass is 79.9. The van der Waals surface area contributed by atoms with Crippen LogP contribution in [0.1, 0.15) is 42.0 Å². The van der Waals surface area contributed by atoms with Crippen molar-refractivity contribution in [2.75, 3.05) is 6.54 Å². The van der Waals surface area contributed by atoms with Crippen LogP contribution in [-0.2, 0) is 0 Å². The van der Waals surface area contributed by atoms with Gasteiger partial charge in [-0.25, -0.2) is 0 Å². The summed E-state index contributed by atoms with van der Waals surface area (Å²) in [6.45, 7) is 7.22. The van der Waals surface area contributed by atoms with Crippen molar-refractivity contribution in [2.45, 2.75) is 33.2 Å². The summed E-state index contributed by atoms with van der Waals surface area (Å²) >= 11 is 3.70. The van der Waals surface area contributed by atoms with E-state index in [1.165, 1.54) is 11.1 Å². The van der Waals surface area contributed by atoms with Crippen LogP contribution >= 0.6 is 15.9 Å². The third-order valence-electron chi connectivity index (χ3n) is 3.18. The lowest BCUT2D eigenvalue weighted by molar-refractivity contribution is 0.430. The Hall–Kier alpha value is -1.06. The lowest BCUT2D eigenvalue weighted by atomic mass is 10.0. The highest BCUT2D eigenvalue weighted by molar-refractivity contribution is 9.10. The maximum Gasteiger partial charge on any atom is 0.125 e. The number of furan rings is 1. The number of nitrogens with one attached hydrogen (secondary N) is 1. The quantitative estimate of drug-likeness (QED) is 0.859. The highest BCUT2D eigenvalue weighted by Gasteiger charge is 2.19. The minimum absolute atomic E-state index is 0.0999. The van der Waals surface area contributed by atoms with Gasteiger partial charge in [-0.2, -0.15) is 0 Å². The molecule has 102 valence electrons. The van der Waals surface area contributed by atoms with Gasteiger partial charge < -0.3 is 9.73 Å². The Kier molecular flexibility index (Phi) is 4.83. The predicted molar refractivity (Wildman–Crippen MR) is 82.5 cm³/mol. The van der Waals surface area contributed by atoms with E-state index in [1.54, 1.807) is 0 Å². The third-order valence-corrected chi connectivity index (χ3v) is 4.26. The molecule has 1 unspecified atom stereocenters. The summed E-state index contributed by atoms with van der Waals surface area (Å²) in [5, 5.41) is 3.56. The molecule has 0 aliphatic rings. The molecule has 0 saturated heterocycles. The zero-order valence-corrected chi connectivity index (χ0v) is 13.3. The van der Waals surface area contributed by atoms with Crippen molar-refractivity contribution >= 4 is 15.9 Å². The molecule has 1 aromatic heterocycles. The maximum absolute atomic E-state index is 5.81. The van der Waals surface area contributed by atoms with Crippen molar-refractivity contribution in [3.8, 4) is 0 Å². The molecular formula is C16H20BrNO. The standard InChI is InChI=1S/C16H20BrNO/c1-4-10-18-16(14-9-8-12(3)19-14)13-7-5-6-11(2)15(13)17/h5-9,16,18H,4,10H2,1-3H3. The van der Waals surface area contributed by atoms with Crippen LogP contribution in [0.25, 0.3) is 0 Å². The van der Waals surface area contributed by atoms with Crippen LogP contribution in [0.5, 0.6) is 0 Å². The van der Waals surface area contributed by atoms with Gasteiger partial charge in [0.05, 0.1) is 6.04 Å². The fraction of sp³-hybridized carbons (Fsp3) is 0.375. The molecule has 0 saturated carbocycles. The van der Waals surface area contributed by atoms with E-state index in [2.05, 4.69) is 59.4 Å². The minimum atomic E-state index is 0.0999. The number of aryl methyl sites for hydroxylation is 2. The van der Waals surface area contributed by atoms with Gasteiger partial charge in [0.1, 0.15) is 11.5 Å². The number of hydrogen-bond donors (Lipinski definition) is 1. The molecule has 3 heteroatoms. The molecule has 0 bridgehead atoms. The van der Waals surface area contributed by atoms with Crippen molar-refractivity contribution in [1.29, 1.82) is 0 Å². The van der Waals surface area contributed by atoms with E-state index in [0.29, 0.717) is 0 Å². The summed E-state index contributed by atoms with van der Waals surface area (Å²) in [5.74, 6) is 1.92. The van der Waals surface area contributed by atoms with Gasteiger partial charge in [-0.1, -0.05) is 41.1 Å². The number of hydrogen-bond acceptors (Lipinski definition) is 2. The summed E-state index contributed by atoms with van der Waals surface area (Å²) in [6, 6.07) is 10.5. The third kappa shape index (κ3) is 3.28. The molecule has 19 heavy (non-hydrogen) atoms. The van der Waals surface area contributed by atoms with Gasteiger partial charge in [-0.15, -0.1) is 0 Å². The van der Waals surface area contributed by atoms with Gasteiger partial charge in [-0.3, -0.25) is 0 Å². The lowest BCUT2D eigenvalue weighted by Gasteiger charge is -2.19. The summed E-state index contributed by atoms with van der Waals surface area (Å²) in [5.41, 5.74) is 2.46. The van der Waals surface area contributed by atoms with Gasteiger partial charge in [0.15, 0.2) is 0 Å². The van der Waals surface area contributed by atoms with E-state index in [1.807, 2.05) is 13.0 Å². The Morgan fingerprint density at radius 3 is 2.63 bits per heavy atom. The normalized spacial score (nSPS) is 12.6. The second-order valence-corrected chi connectivity index (χ2v) is 5.61. The van der Waals surface area contributed by atoms with E-state index >= 15 is 0 Å². The first-order valence-electron chi connectivity index (χ1n) is 6.68. The van der Waals surface area contributed by atoms with E-state index in [-0.39, 0.29) is 6.04 Å². The molecule has 1 N–H and O–H groups in total. The van der Waals surface area contributed by atoms with Gasteiger partial charge in [0, 0.05) is 4.47 Å². The smallest absolute Gasteiger partial charge is 0.125 e. The lowest BCUT2D eigenvalue weighted by Crippen LogP contribution is -2.23. The molecule has 0 aliphatic heterocycles. The first-order valence-corrected chi connectivity index (χ1v) is 7.47. The van der Waals surface area contributed by atoms with Gasteiger partial charge in [0.25, 0.3) is 0 Å². The van der Waals surface area contributed by atoms with Crippen molar-refractivity contribution in [2.24, 2.45) is 0 Å². The minimum Gasteiger partial charge on any atom is -0.464 e. The molecule has 1 aromatic carbocycles. The van der Waals surface area contributed by atoms with Crippen LogP contribution in [0.15, 0.2) is 39.2 Å². The molecular weight excluding hydrogens is 302 g/mol. The molecule has 0 fully saturated rings. The van der Waals surface area contributed by atoms with Crippen LogP contribution < -0.4 is 5.32 Å². The molecule has 0 spiro atoms. The largest absolute Gasteiger partial charge is 0.464 e. The van der Waals surface area contributed by atoms with Gasteiger partial charge in [-0.05, 0) is 50.1 Å². The molecule has 1 atom stereocenters. The Balaban J connectivity index is 2.39.